The normalized spacial score (nSPS) is 10.1. The van der Waals surface area contributed by atoms with Gasteiger partial charge in [0.05, 0.1) is 4.34 Å². The maximum Gasteiger partial charge on any atom is 0.224 e. The van der Waals surface area contributed by atoms with E-state index in [2.05, 4.69) is 17.6 Å². The monoisotopic (exact) mass is 358 g/mol. The molecule has 1 aromatic heterocycles. The summed E-state index contributed by atoms with van der Waals surface area (Å²) in [4.78, 5) is 13.2. The highest BCUT2D eigenvalue weighted by Gasteiger charge is 2.07. The van der Waals surface area contributed by atoms with E-state index in [0.29, 0.717) is 6.42 Å². The van der Waals surface area contributed by atoms with Gasteiger partial charge in [0.2, 0.25) is 5.91 Å². The first-order chi connectivity index (χ1) is 10.2. The minimum atomic E-state index is 0. The molecule has 2 aromatic rings. The van der Waals surface area contributed by atoms with E-state index in [1.54, 1.807) is 0 Å². The molecule has 6 heteroatoms. The van der Waals surface area contributed by atoms with Crippen LogP contribution in [-0.4, -0.2) is 12.5 Å². The Labute approximate surface area is 146 Å². The van der Waals surface area contributed by atoms with Crippen molar-refractivity contribution in [1.29, 1.82) is 0 Å². The first-order valence-corrected chi connectivity index (χ1v) is 8.21. The molecule has 1 amide bonds. The second-order valence-electron chi connectivity index (χ2n) is 4.69. The fourth-order valence-corrected chi connectivity index (χ4v) is 3.08. The van der Waals surface area contributed by atoms with Crippen molar-refractivity contribution in [2.75, 3.05) is 11.9 Å². The third kappa shape index (κ3) is 5.97. The van der Waals surface area contributed by atoms with Crippen LogP contribution >= 0.6 is 35.3 Å². The van der Waals surface area contributed by atoms with Crippen molar-refractivity contribution in [3.63, 3.8) is 0 Å². The lowest BCUT2D eigenvalue weighted by Crippen LogP contribution is -2.17. The number of rotatable bonds is 7. The van der Waals surface area contributed by atoms with Crippen LogP contribution in [0.4, 0.5) is 5.69 Å². The van der Waals surface area contributed by atoms with Crippen LogP contribution in [0.5, 0.6) is 0 Å². The molecule has 1 aromatic carbocycles. The zero-order chi connectivity index (χ0) is 15.1. The average Bonchev–Trinajstić information content (AvgIpc) is 2.90. The minimum absolute atomic E-state index is 0. The van der Waals surface area contributed by atoms with E-state index < -0.39 is 0 Å². The molecule has 0 atom stereocenters. The van der Waals surface area contributed by atoms with Crippen LogP contribution in [0.2, 0.25) is 4.34 Å². The number of halogens is 2. The largest absolute Gasteiger partial charge is 0.326 e. The third-order valence-electron chi connectivity index (χ3n) is 3.08. The zero-order valence-electron chi connectivity index (χ0n) is 12.4. The van der Waals surface area contributed by atoms with Crippen molar-refractivity contribution in [1.82, 2.24) is 5.32 Å². The summed E-state index contributed by atoms with van der Waals surface area (Å²) < 4.78 is 0.765. The Morgan fingerprint density at radius 1 is 1.23 bits per heavy atom. The van der Waals surface area contributed by atoms with E-state index in [0.717, 1.165) is 40.0 Å². The Bertz CT molecular complexity index is 601. The molecule has 0 aliphatic heterocycles. The first-order valence-electron chi connectivity index (χ1n) is 7.01. The van der Waals surface area contributed by atoms with Crippen LogP contribution in [0.3, 0.4) is 0 Å². The molecule has 1 heterocycles. The lowest BCUT2D eigenvalue weighted by atomic mass is 10.1. The van der Waals surface area contributed by atoms with Gasteiger partial charge in [-0.2, -0.15) is 0 Å². The fraction of sp³-hybridized carbons (Fsp3) is 0.312. The predicted octanol–water partition coefficient (Wildman–Crippen LogP) is 4.50. The second-order valence-corrected chi connectivity index (χ2v) is 6.49. The summed E-state index contributed by atoms with van der Waals surface area (Å²) in [5.41, 5.74) is 1.99. The van der Waals surface area contributed by atoms with Gasteiger partial charge in [0.1, 0.15) is 0 Å². The van der Waals surface area contributed by atoms with Crippen molar-refractivity contribution in [3.05, 3.63) is 51.2 Å². The van der Waals surface area contributed by atoms with Gasteiger partial charge in [-0.1, -0.05) is 36.7 Å². The Morgan fingerprint density at radius 3 is 2.68 bits per heavy atom. The van der Waals surface area contributed by atoms with Gasteiger partial charge in [0.15, 0.2) is 0 Å². The van der Waals surface area contributed by atoms with Gasteiger partial charge in [-0.05, 0) is 36.7 Å². The van der Waals surface area contributed by atoms with Crippen LogP contribution < -0.4 is 10.6 Å². The number of amides is 1. The molecule has 2 N–H and O–H groups in total. The number of aryl methyl sites for hydroxylation is 1. The number of hydrogen-bond acceptors (Lipinski definition) is 3. The van der Waals surface area contributed by atoms with Gasteiger partial charge in [-0.15, -0.1) is 23.7 Å². The number of hydrogen-bond donors (Lipinski definition) is 2. The third-order valence-corrected chi connectivity index (χ3v) is 4.38. The van der Waals surface area contributed by atoms with Crippen molar-refractivity contribution < 1.29 is 4.79 Å². The number of nitrogens with one attached hydrogen (secondary N) is 2. The average molecular weight is 359 g/mol. The molecule has 0 aliphatic carbocycles. The molecular formula is C16H20Cl2N2OS. The molecule has 0 bridgehead atoms. The molecule has 0 radical (unpaired) electrons. The Morgan fingerprint density at radius 2 is 2.00 bits per heavy atom. The van der Waals surface area contributed by atoms with Crippen molar-refractivity contribution in [2.24, 2.45) is 0 Å². The van der Waals surface area contributed by atoms with E-state index in [-0.39, 0.29) is 18.3 Å². The van der Waals surface area contributed by atoms with Gasteiger partial charge in [-0.25, -0.2) is 0 Å². The molecule has 22 heavy (non-hydrogen) atoms. The Balaban J connectivity index is 0.00000242. The van der Waals surface area contributed by atoms with Crippen molar-refractivity contribution in [3.8, 4) is 0 Å². The number of carbonyl (C=O) groups excluding carboxylic acids is 1. The molecule has 3 nitrogen and oxygen atoms in total. The zero-order valence-corrected chi connectivity index (χ0v) is 14.8. The highest BCUT2D eigenvalue weighted by Crippen LogP contribution is 2.22. The molecule has 0 spiro atoms. The Hall–Kier alpha value is -1.07. The summed E-state index contributed by atoms with van der Waals surface area (Å²) in [5, 5.41) is 6.26. The maximum absolute atomic E-state index is 12.1. The van der Waals surface area contributed by atoms with Crippen LogP contribution in [0.25, 0.3) is 0 Å². The van der Waals surface area contributed by atoms with Gasteiger partial charge in [0, 0.05) is 23.5 Å². The molecule has 0 unspecified atom stereocenters. The SMILES string of the molecule is CCNCc1ccccc1NC(=O)CCc1ccc(Cl)s1.Cl. The Kier molecular flexibility index (Phi) is 8.49. The highest BCUT2D eigenvalue weighted by atomic mass is 35.5. The summed E-state index contributed by atoms with van der Waals surface area (Å²) >= 11 is 7.41. The second kappa shape index (κ2) is 9.85. The van der Waals surface area contributed by atoms with Crippen LogP contribution in [0.15, 0.2) is 36.4 Å². The lowest BCUT2D eigenvalue weighted by molar-refractivity contribution is -0.116. The number of benzene rings is 1. The fourth-order valence-electron chi connectivity index (χ4n) is 1.99. The van der Waals surface area contributed by atoms with Crippen LogP contribution in [-0.2, 0) is 17.8 Å². The number of carbonyl (C=O) groups is 1. The summed E-state index contributed by atoms with van der Waals surface area (Å²) in [6.45, 7) is 3.72. The van der Waals surface area contributed by atoms with E-state index in [1.165, 1.54) is 11.3 Å². The summed E-state index contributed by atoms with van der Waals surface area (Å²) in [5.74, 6) is 0.0310. The van der Waals surface area contributed by atoms with E-state index in [4.69, 9.17) is 11.6 Å². The van der Waals surface area contributed by atoms with E-state index in [1.807, 2.05) is 36.4 Å². The summed E-state index contributed by atoms with van der Waals surface area (Å²) in [6.07, 6.45) is 1.19. The molecule has 0 aliphatic rings. The van der Waals surface area contributed by atoms with Crippen molar-refractivity contribution in [2.45, 2.75) is 26.3 Å². The molecular weight excluding hydrogens is 339 g/mol. The topological polar surface area (TPSA) is 41.1 Å². The highest BCUT2D eigenvalue weighted by molar-refractivity contribution is 7.16. The van der Waals surface area contributed by atoms with Gasteiger partial charge >= 0.3 is 0 Å². The molecule has 120 valence electrons. The smallest absolute Gasteiger partial charge is 0.224 e. The minimum Gasteiger partial charge on any atom is -0.326 e. The summed E-state index contributed by atoms with van der Waals surface area (Å²) in [6, 6.07) is 11.7. The van der Waals surface area contributed by atoms with Gasteiger partial charge in [0.25, 0.3) is 0 Å². The predicted molar refractivity (Wildman–Crippen MR) is 97.4 cm³/mol. The van der Waals surface area contributed by atoms with Crippen molar-refractivity contribution >= 4 is 46.9 Å². The number of anilines is 1. The standard InChI is InChI=1S/C16H19ClN2OS.ClH/c1-2-18-11-12-5-3-4-6-14(12)19-16(20)10-8-13-7-9-15(17)21-13;/h3-7,9,18H,2,8,10-11H2,1H3,(H,19,20);1H. The van der Waals surface area contributed by atoms with E-state index in [9.17, 15) is 4.79 Å². The molecule has 0 saturated heterocycles. The molecule has 2 rings (SSSR count). The maximum atomic E-state index is 12.1. The van der Waals surface area contributed by atoms with Gasteiger partial charge < -0.3 is 10.6 Å². The molecule has 0 fully saturated rings. The first kappa shape index (κ1) is 19.0. The summed E-state index contributed by atoms with van der Waals surface area (Å²) in [7, 11) is 0. The number of para-hydroxylation sites is 1. The number of thiophene rings is 1. The van der Waals surface area contributed by atoms with Gasteiger partial charge in [-0.3, -0.25) is 4.79 Å². The van der Waals surface area contributed by atoms with Crippen LogP contribution in [0, 0.1) is 0 Å². The quantitative estimate of drug-likeness (QED) is 0.764. The van der Waals surface area contributed by atoms with Crippen LogP contribution in [0.1, 0.15) is 23.8 Å². The van der Waals surface area contributed by atoms with E-state index >= 15 is 0 Å². The lowest BCUT2D eigenvalue weighted by Gasteiger charge is -2.11. The molecule has 0 saturated carbocycles.